The van der Waals surface area contributed by atoms with Crippen LogP contribution in [0.25, 0.3) is 0 Å². The highest BCUT2D eigenvalue weighted by molar-refractivity contribution is 6.33. The van der Waals surface area contributed by atoms with Gasteiger partial charge in [-0.3, -0.25) is 10.1 Å². The smallest absolute Gasteiger partial charge is 0.343 e. The summed E-state index contributed by atoms with van der Waals surface area (Å²) >= 11 is 12.5. The molecule has 0 saturated carbocycles. The molecule has 2 aromatic heterocycles. The van der Waals surface area contributed by atoms with E-state index < -0.39 is 18.5 Å². The maximum atomic E-state index is 12.5. The van der Waals surface area contributed by atoms with Gasteiger partial charge in [-0.25, -0.2) is 9.48 Å². The Hall–Kier alpha value is -2.84. The van der Waals surface area contributed by atoms with E-state index in [1.807, 2.05) is 39.0 Å². The Bertz CT molecular complexity index is 1120. The van der Waals surface area contributed by atoms with E-state index in [1.54, 1.807) is 19.1 Å². The molecule has 0 aliphatic carbocycles. The number of nitrogens with zero attached hydrogens (tertiary/aromatic N) is 3. The zero-order chi connectivity index (χ0) is 22.8. The van der Waals surface area contributed by atoms with Crippen molar-refractivity contribution in [2.75, 3.05) is 11.9 Å². The predicted molar refractivity (Wildman–Crippen MR) is 117 cm³/mol. The number of hydrogen-bond acceptors (Lipinski definition) is 6. The lowest BCUT2D eigenvalue weighted by Gasteiger charge is -2.12. The van der Waals surface area contributed by atoms with Crippen molar-refractivity contribution in [3.63, 3.8) is 0 Å². The van der Waals surface area contributed by atoms with E-state index in [2.05, 4.69) is 15.6 Å². The Balaban J connectivity index is 1.63. The zero-order valence-electron chi connectivity index (χ0n) is 17.5. The Morgan fingerprint density at radius 1 is 1.23 bits per heavy atom. The third-order valence-corrected chi connectivity index (χ3v) is 5.18. The van der Waals surface area contributed by atoms with Gasteiger partial charge in [0.25, 0.3) is 5.91 Å². The van der Waals surface area contributed by atoms with Gasteiger partial charge in [0.15, 0.2) is 6.61 Å². The number of nitrogens with one attached hydrogen (secondary N) is 1. The van der Waals surface area contributed by atoms with Crippen molar-refractivity contribution in [3.05, 3.63) is 63.0 Å². The molecule has 3 rings (SSSR count). The van der Waals surface area contributed by atoms with Crippen LogP contribution in [0.2, 0.25) is 10.2 Å². The number of ether oxygens (including phenoxy) is 1. The Morgan fingerprint density at radius 3 is 2.58 bits per heavy atom. The maximum Gasteiger partial charge on any atom is 0.343 e. The van der Waals surface area contributed by atoms with Crippen LogP contribution in [0.1, 0.15) is 48.1 Å². The van der Waals surface area contributed by atoms with Crippen LogP contribution < -0.4 is 5.32 Å². The topological polar surface area (TPSA) is 99.2 Å². The Kier molecular flexibility index (Phi) is 6.71. The van der Waals surface area contributed by atoms with Gasteiger partial charge in [-0.15, -0.1) is 0 Å². The fraction of sp³-hybridized carbons (Fsp3) is 0.333. The molecule has 0 atom stereocenters. The van der Waals surface area contributed by atoms with Crippen LogP contribution in [0.4, 0.5) is 5.88 Å². The number of aromatic nitrogens is 3. The minimum absolute atomic E-state index is 0.0937. The van der Waals surface area contributed by atoms with E-state index in [-0.39, 0.29) is 28.6 Å². The van der Waals surface area contributed by atoms with Crippen molar-refractivity contribution in [2.45, 2.75) is 39.7 Å². The number of aryl methyl sites for hydroxylation is 1. The van der Waals surface area contributed by atoms with Gasteiger partial charge in [-0.05, 0) is 18.6 Å². The van der Waals surface area contributed by atoms with E-state index >= 15 is 0 Å². The molecule has 0 unspecified atom stereocenters. The van der Waals surface area contributed by atoms with Gasteiger partial charge in [-0.2, -0.15) is 5.10 Å². The quantitative estimate of drug-likeness (QED) is 0.533. The molecule has 0 aliphatic heterocycles. The summed E-state index contributed by atoms with van der Waals surface area (Å²) in [5.74, 6) is -1.15. The molecular weight excluding hydrogens is 443 g/mol. The SMILES string of the molecule is Cc1nn(Cc2ccccc2Cl)c(Cl)c1C(=O)OCC(=O)Nc1cc(C(C)(C)C)no1. The number of anilines is 1. The van der Waals surface area contributed by atoms with E-state index in [1.165, 1.54) is 4.68 Å². The standard InChI is InChI=1S/C21H22Cl2N4O4/c1-12-18(19(23)27(25-12)10-13-7-5-6-8-14(13)22)20(29)30-11-16(28)24-17-9-15(26-31-17)21(2,3)4/h5-9H,10-11H2,1-4H3,(H,24,28). The molecule has 0 bridgehead atoms. The van der Waals surface area contributed by atoms with E-state index in [0.717, 1.165) is 5.56 Å². The van der Waals surface area contributed by atoms with Gasteiger partial charge in [-0.1, -0.05) is 67.3 Å². The molecular formula is C21H22Cl2N4O4. The van der Waals surface area contributed by atoms with Crippen molar-refractivity contribution in [2.24, 2.45) is 0 Å². The number of carbonyl (C=O) groups is 2. The molecule has 0 aliphatic rings. The highest BCUT2D eigenvalue weighted by Gasteiger charge is 2.24. The lowest BCUT2D eigenvalue weighted by molar-refractivity contribution is -0.119. The third-order valence-electron chi connectivity index (χ3n) is 4.42. The van der Waals surface area contributed by atoms with Crippen molar-refractivity contribution in [3.8, 4) is 0 Å². The summed E-state index contributed by atoms with van der Waals surface area (Å²) in [7, 11) is 0. The monoisotopic (exact) mass is 464 g/mol. The molecule has 3 aromatic rings. The normalized spacial score (nSPS) is 11.4. The second-order valence-electron chi connectivity index (χ2n) is 7.95. The van der Waals surface area contributed by atoms with Crippen LogP contribution in [-0.4, -0.2) is 33.4 Å². The number of rotatable bonds is 6. The molecule has 8 nitrogen and oxygen atoms in total. The Labute approximate surface area is 189 Å². The van der Waals surface area contributed by atoms with Crippen LogP contribution in [0, 0.1) is 6.92 Å². The first kappa shape index (κ1) is 22.8. The molecule has 1 N–H and O–H groups in total. The second-order valence-corrected chi connectivity index (χ2v) is 8.72. The molecule has 164 valence electrons. The number of carbonyl (C=O) groups excluding carboxylic acids is 2. The maximum absolute atomic E-state index is 12.5. The van der Waals surface area contributed by atoms with Gasteiger partial charge in [0, 0.05) is 16.5 Å². The molecule has 0 spiro atoms. The summed E-state index contributed by atoms with van der Waals surface area (Å²) in [5.41, 5.74) is 1.74. The van der Waals surface area contributed by atoms with Gasteiger partial charge >= 0.3 is 5.97 Å². The molecule has 10 heteroatoms. The fourth-order valence-corrected chi connectivity index (χ4v) is 3.25. The highest BCUT2D eigenvalue weighted by atomic mass is 35.5. The first-order valence-corrected chi connectivity index (χ1v) is 10.2. The molecule has 0 radical (unpaired) electrons. The average Bonchev–Trinajstić information content (AvgIpc) is 3.26. The van der Waals surface area contributed by atoms with Gasteiger partial charge in [0.05, 0.1) is 17.9 Å². The lowest BCUT2D eigenvalue weighted by atomic mass is 9.92. The predicted octanol–water partition coefficient (Wildman–Crippen LogP) is 4.63. The number of halogens is 2. The van der Waals surface area contributed by atoms with Crippen LogP contribution in [-0.2, 0) is 21.5 Å². The summed E-state index contributed by atoms with van der Waals surface area (Å²) in [6.07, 6.45) is 0. The summed E-state index contributed by atoms with van der Waals surface area (Å²) in [6, 6.07) is 8.89. The molecule has 31 heavy (non-hydrogen) atoms. The van der Waals surface area contributed by atoms with Crippen molar-refractivity contribution < 1.29 is 18.8 Å². The molecule has 0 saturated heterocycles. The second kappa shape index (κ2) is 9.11. The average molecular weight is 465 g/mol. The van der Waals surface area contributed by atoms with Crippen LogP contribution in [0.3, 0.4) is 0 Å². The first-order valence-electron chi connectivity index (χ1n) is 9.46. The molecule has 1 aromatic carbocycles. The van der Waals surface area contributed by atoms with Crippen LogP contribution >= 0.6 is 23.2 Å². The summed E-state index contributed by atoms with van der Waals surface area (Å²) in [6.45, 7) is 7.31. The van der Waals surface area contributed by atoms with Crippen LogP contribution in [0.5, 0.6) is 0 Å². The van der Waals surface area contributed by atoms with Crippen LogP contribution in [0.15, 0.2) is 34.9 Å². The van der Waals surface area contributed by atoms with Crippen molar-refractivity contribution >= 4 is 41.0 Å². The fourth-order valence-electron chi connectivity index (χ4n) is 2.74. The van der Waals surface area contributed by atoms with Gasteiger partial charge < -0.3 is 9.26 Å². The molecule has 1 amide bonds. The first-order chi connectivity index (χ1) is 14.6. The minimum atomic E-state index is -0.754. The molecule has 0 fully saturated rings. The number of hydrogen-bond donors (Lipinski definition) is 1. The zero-order valence-corrected chi connectivity index (χ0v) is 19.0. The lowest BCUT2D eigenvalue weighted by Crippen LogP contribution is -2.21. The third kappa shape index (κ3) is 5.45. The minimum Gasteiger partial charge on any atom is -0.452 e. The van der Waals surface area contributed by atoms with Crippen molar-refractivity contribution in [1.29, 1.82) is 0 Å². The Morgan fingerprint density at radius 2 is 1.94 bits per heavy atom. The largest absolute Gasteiger partial charge is 0.452 e. The molecule has 2 heterocycles. The summed E-state index contributed by atoms with van der Waals surface area (Å²) in [4.78, 5) is 24.6. The van der Waals surface area contributed by atoms with E-state index in [9.17, 15) is 9.59 Å². The number of esters is 1. The van der Waals surface area contributed by atoms with E-state index in [0.29, 0.717) is 16.4 Å². The van der Waals surface area contributed by atoms with Gasteiger partial charge in [0.2, 0.25) is 5.88 Å². The highest BCUT2D eigenvalue weighted by Crippen LogP contribution is 2.25. The van der Waals surface area contributed by atoms with E-state index in [4.69, 9.17) is 32.5 Å². The summed E-state index contributed by atoms with van der Waals surface area (Å²) < 4.78 is 11.7. The summed E-state index contributed by atoms with van der Waals surface area (Å²) in [5, 5.41) is 11.4. The van der Waals surface area contributed by atoms with Gasteiger partial charge in [0.1, 0.15) is 10.7 Å². The number of benzene rings is 1. The van der Waals surface area contributed by atoms with Crippen molar-refractivity contribution in [1.82, 2.24) is 14.9 Å². The number of amides is 1.